The number of aromatic nitrogens is 5. The van der Waals surface area contributed by atoms with Gasteiger partial charge in [0.2, 0.25) is 4.96 Å². The Morgan fingerprint density at radius 2 is 2.40 bits per heavy atom. The highest BCUT2D eigenvalue weighted by molar-refractivity contribution is 7.19. The third-order valence-corrected chi connectivity index (χ3v) is 2.89. The van der Waals surface area contributed by atoms with E-state index in [0.717, 1.165) is 10.6 Å². The van der Waals surface area contributed by atoms with E-state index in [-0.39, 0.29) is 5.56 Å². The normalized spacial score (nSPS) is 10.9. The first kappa shape index (κ1) is 8.30. The van der Waals surface area contributed by atoms with Gasteiger partial charge in [-0.2, -0.15) is 14.7 Å². The van der Waals surface area contributed by atoms with Gasteiger partial charge in [0, 0.05) is 18.5 Å². The molecule has 0 saturated heterocycles. The van der Waals surface area contributed by atoms with E-state index < -0.39 is 0 Å². The van der Waals surface area contributed by atoms with Crippen molar-refractivity contribution in [1.29, 1.82) is 0 Å². The van der Waals surface area contributed by atoms with Gasteiger partial charge in [0.25, 0.3) is 5.56 Å². The summed E-state index contributed by atoms with van der Waals surface area (Å²) in [5.74, 6) is 0. The Hall–Kier alpha value is -2.02. The fourth-order valence-corrected chi connectivity index (χ4v) is 2.08. The lowest BCUT2D eigenvalue weighted by atomic mass is 10.4. The predicted octanol–water partition coefficient (Wildman–Crippen LogP) is 0.541. The highest BCUT2D eigenvalue weighted by Gasteiger charge is 2.08. The Balaban J connectivity index is 2.32. The van der Waals surface area contributed by atoms with Gasteiger partial charge in [-0.15, -0.1) is 0 Å². The van der Waals surface area contributed by atoms with Gasteiger partial charge in [-0.25, -0.2) is 4.98 Å². The van der Waals surface area contributed by atoms with Gasteiger partial charge in [-0.1, -0.05) is 11.3 Å². The Morgan fingerprint density at radius 1 is 1.47 bits per heavy atom. The molecule has 0 amide bonds. The molecular weight excluding hydrogens is 214 g/mol. The molecule has 0 aliphatic heterocycles. The van der Waals surface area contributed by atoms with E-state index in [0.29, 0.717) is 4.96 Å². The van der Waals surface area contributed by atoms with Gasteiger partial charge in [-0.3, -0.25) is 9.89 Å². The molecule has 0 unspecified atom stereocenters. The van der Waals surface area contributed by atoms with Crippen molar-refractivity contribution in [3.63, 3.8) is 0 Å². The summed E-state index contributed by atoms with van der Waals surface area (Å²) in [5.41, 5.74) is 0.677. The molecule has 3 rings (SSSR count). The molecule has 7 heteroatoms. The summed E-state index contributed by atoms with van der Waals surface area (Å²) >= 11 is 1.35. The maximum atomic E-state index is 11.4. The van der Waals surface area contributed by atoms with Crippen LogP contribution < -0.4 is 5.56 Å². The zero-order valence-electron chi connectivity index (χ0n) is 7.41. The third-order valence-electron chi connectivity index (χ3n) is 1.92. The number of hydrogen-bond donors (Lipinski definition) is 1. The van der Waals surface area contributed by atoms with E-state index >= 15 is 0 Å². The number of rotatable bonds is 1. The second-order valence-electron chi connectivity index (χ2n) is 2.87. The largest absolute Gasteiger partial charge is 0.285 e. The van der Waals surface area contributed by atoms with Gasteiger partial charge in [0.15, 0.2) is 5.01 Å². The zero-order chi connectivity index (χ0) is 10.3. The maximum Gasteiger partial charge on any atom is 0.275 e. The van der Waals surface area contributed by atoms with Crippen LogP contribution in [0.4, 0.5) is 0 Å². The molecule has 0 atom stereocenters. The third kappa shape index (κ3) is 1.24. The molecule has 3 aromatic rings. The monoisotopic (exact) mass is 219 g/mol. The number of fused-ring (bicyclic) bond motifs is 1. The van der Waals surface area contributed by atoms with E-state index in [1.165, 1.54) is 28.1 Å². The highest BCUT2D eigenvalue weighted by Crippen LogP contribution is 2.22. The fourth-order valence-electron chi connectivity index (χ4n) is 1.23. The first-order chi connectivity index (χ1) is 7.34. The summed E-state index contributed by atoms with van der Waals surface area (Å²) in [4.78, 5) is 16.0. The Bertz CT molecular complexity index is 653. The molecule has 0 aliphatic rings. The minimum absolute atomic E-state index is 0.175. The number of nitrogens with one attached hydrogen (secondary N) is 1. The van der Waals surface area contributed by atoms with E-state index in [9.17, 15) is 4.79 Å². The van der Waals surface area contributed by atoms with Crippen molar-refractivity contribution in [2.24, 2.45) is 0 Å². The van der Waals surface area contributed by atoms with Crippen molar-refractivity contribution in [3.05, 3.63) is 35.0 Å². The Kier molecular flexibility index (Phi) is 1.65. The predicted molar refractivity (Wildman–Crippen MR) is 54.7 cm³/mol. The molecule has 0 radical (unpaired) electrons. The summed E-state index contributed by atoms with van der Waals surface area (Å²) in [6.45, 7) is 0. The van der Waals surface area contributed by atoms with Crippen molar-refractivity contribution in [2.45, 2.75) is 0 Å². The van der Waals surface area contributed by atoms with Crippen LogP contribution in [-0.2, 0) is 0 Å². The molecule has 0 fully saturated rings. The Labute approximate surface area is 87.2 Å². The molecule has 1 N–H and O–H groups in total. The first-order valence-corrected chi connectivity index (χ1v) is 5.00. The SMILES string of the molecule is O=c1ccnc2sc(-c3cn[nH]c3)nn12. The van der Waals surface area contributed by atoms with Crippen LogP contribution >= 0.6 is 11.3 Å². The average Bonchev–Trinajstić information content (AvgIpc) is 2.86. The molecule has 6 nitrogen and oxygen atoms in total. The second-order valence-corrected chi connectivity index (χ2v) is 3.83. The molecule has 0 saturated carbocycles. The lowest BCUT2D eigenvalue weighted by Gasteiger charge is -1.84. The smallest absolute Gasteiger partial charge is 0.275 e. The van der Waals surface area contributed by atoms with Crippen molar-refractivity contribution in [2.75, 3.05) is 0 Å². The number of nitrogens with zero attached hydrogens (tertiary/aromatic N) is 4. The quantitative estimate of drug-likeness (QED) is 0.648. The van der Waals surface area contributed by atoms with Crippen LogP contribution in [-0.4, -0.2) is 24.8 Å². The van der Waals surface area contributed by atoms with Crippen LogP contribution in [0, 0.1) is 0 Å². The van der Waals surface area contributed by atoms with Crippen LogP contribution in [0.15, 0.2) is 29.5 Å². The molecule has 0 spiro atoms. The lowest BCUT2D eigenvalue weighted by Crippen LogP contribution is -2.12. The molecular formula is C8H5N5OS. The average molecular weight is 219 g/mol. The van der Waals surface area contributed by atoms with E-state index in [4.69, 9.17) is 0 Å². The van der Waals surface area contributed by atoms with Crippen LogP contribution in [0.5, 0.6) is 0 Å². The molecule has 74 valence electrons. The van der Waals surface area contributed by atoms with Gasteiger partial charge < -0.3 is 0 Å². The van der Waals surface area contributed by atoms with Gasteiger partial charge in [0.1, 0.15) is 0 Å². The van der Waals surface area contributed by atoms with Gasteiger partial charge in [-0.05, 0) is 0 Å². The first-order valence-electron chi connectivity index (χ1n) is 4.18. The van der Waals surface area contributed by atoms with Crippen LogP contribution in [0.3, 0.4) is 0 Å². The van der Waals surface area contributed by atoms with Crippen molar-refractivity contribution >= 4 is 16.3 Å². The number of aromatic amines is 1. The molecule has 0 aromatic carbocycles. The molecule has 15 heavy (non-hydrogen) atoms. The summed E-state index contributed by atoms with van der Waals surface area (Å²) in [6, 6.07) is 1.38. The summed E-state index contributed by atoms with van der Waals surface area (Å²) in [5, 5.41) is 11.4. The van der Waals surface area contributed by atoms with Crippen LogP contribution in [0.2, 0.25) is 0 Å². The molecule has 3 aromatic heterocycles. The summed E-state index contributed by atoms with van der Waals surface area (Å²) < 4.78 is 1.28. The van der Waals surface area contributed by atoms with E-state index in [2.05, 4.69) is 20.3 Å². The zero-order valence-corrected chi connectivity index (χ0v) is 8.23. The van der Waals surface area contributed by atoms with Gasteiger partial charge in [0.05, 0.1) is 11.8 Å². The molecule has 3 heterocycles. The number of hydrogen-bond acceptors (Lipinski definition) is 5. The second kappa shape index (κ2) is 2.99. The topological polar surface area (TPSA) is 75.9 Å². The van der Waals surface area contributed by atoms with Crippen molar-refractivity contribution < 1.29 is 0 Å². The molecule has 0 aliphatic carbocycles. The summed E-state index contributed by atoms with van der Waals surface area (Å²) in [6.07, 6.45) is 4.86. The molecule has 0 bridgehead atoms. The minimum Gasteiger partial charge on any atom is -0.285 e. The number of H-pyrrole nitrogens is 1. The van der Waals surface area contributed by atoms with Gasteiger partial charge >= 0.3 is 0 Å². The van der Waals surface area contributed by atoms with Crippen LogP contribution in [0.1, 0.15) is 0 Å². The fraction of sp³-hybridized carbons (Fsp3) is 0. The standard InChI is InChI=1S/C8H5N5OS/c14-6-1-2-9-8-13(6)12-7(15-8)5-3-10-11-4-5/h1-4H,(H,10,11). The van der Waals surface area contributed by atoms with Crippen molar-refractivity contribution in [1.82, 2.24) is 24.8 Å². The maximum absolute atomic E-state index is 11.4. The highest BCUT2D eigenvalue weighted by atomic mass is 32.1. The summed E-state index contributed by atoms with van der Waals surface area (Å²) in [7, 11) is 0. The minimum atomic E-state index is -0.175. The van der Waals surface area contributed by atoms with E-state index in [1.807, 2.05) is 0 Å². The van der Waals surface area contributed by atoms with Crippen molar-refractivity contribution in [3.8, 4) is 10.6 Å². The Morgan fingerprint density at radius 3 is 3.13 bits per heavy atom. The van der Waals surface area contributed by atoms with Crippen LogP contribution in [0.25, 0.3) is 15.5 Å². The van der Waals surface area contributed by atoms with E-state index in [1.54, 1.807) is 12.4 Å². The lowest BCUT2D eigenvalue weighted by molar-refractivity contribution is 0.903.